The van der Waals surface area contributed by atoms with Gasteiger partial charge in [0.1, 0.15) is 36.4 Å². The Morgan fingerprint density at radius 1 is 1.15 bits per heavy atom. The number of hydrogen-bond acceptors (Lipinski definition) is 10. The van der Waals surface area contributed by atoms with E-state index in [1.54, 1.807) is 7.11 Å². The zero-order valence-electron chi connectivity index (χ0n) is 15.1. The molecule has 0 aromatic heterocycles. The van der Waals surface area contributed by atoms with Gasteiger partial charge in [0.25, 0.3) is 0 Å². The van der Waals surface area contributed by atoms with Crippen molar-refractivity contribution in [1.82, 2.24) is 0 Å². The second kappa shape index (κ2) is 7.20. The molecule has 0 bridgehead atoms. The molecule has 4 rings (SSSR count). The molecule has 12 atom stereocenters. The zero-order chi connectivity index (χ0) is 19.5. The molecule has 10 nitrogen and oxygen atoms in total. The van der Waals surface area contributed by atoms with Crippen molar-refractivity contribution in [1.29, 1.82) is 0 Å². The number of carbonyl (C=O) groups excluding carboxylic acids is 1. The molecule has 0 aromatic rings. The Bertz CT molecular complexity index is 570. The molecule has 1 aliphatic carbocycles. The van der Waals surface area contributed by atoms with Crippen molar-refractivity contribution in [3.05, 3.63) is 0 Å². The lowest BCUT2D eigenvalue weighted by Gasteiger charge is -2.43. The van der Waals surface area contributed by atoms with E-state index in [-0.39, 0.29) is 30.0 Å². The van der Waals surface area contributed by atoms with E-state index in [4.69, 9.17) is 23.7 Å². The minimum absolute atomic E-state index is 0.0750. The van der Waals surface area contributed by atoms with E-state index in [1.807, 2.05) is 6.92 Å². The molecule has 4 N–H and O–H groups in total. The highest BCUT2D eigenvalue weighted by Gasteiger charge is 2.65. The lowest BCUT2D eigenvalue weighted by molar-refractivity contribution is -0.351. The van der Waals surface area contributed by atoms with Gasteiger partial charge in [0, 0.05) is 13.0 Å². The quantitative estimate of drug-likeness (QED) is 0.383. The van der Waals surface area contributed by atoms with Gasteiger partial charge in [-0.05, 0) is 11.8 Å². The molecule has 12 unspecified atom stereocenters. The summed E-state index contributed by atoms with van der Waals surface area (Å²) in [6.45, 7) is 1.79. The van der Waals surface area contributed by atoms with E-state index >= 15 is 0 Å². The first-order valence-electron chi connectivity index (χ1n) is 9.20. The SMILES string of the molecule is COC1C(C)C2COC(OC3OC(CO)C(O)C(O)C3O)C3C(=O)OC1C23. The van der Waals surface area contributed by atoms with Crippen LogP contribution in [0.15, 0.2) is 0 Å². The van der Waals surface area contributed by atoms with Gasteiger partial charge in [-0.15, -0.1) is 0 Å². The fourth-order valence-corrected chi connectivity index (χ4v) is 4.99. The van der Waals surface area contributed by atoms with E-state index in [9.17, 15) is 25.2 Å². The highest BCUT2D eigenvalue weighted by molar-refractivity contribution is 5.76. The highest BCUT2D eigenvalue weighted by atomic mass is 16.8. The summed E-state index contributed by atoms with van der Waals surface area (Å²) in [6.07, 6.45) is -8.71. The van der Waals surface area contributed by atoms with Gasteiger partial charge in [-0.25, -0.2) is 0 Å². The second-order valence-corrected chi connectivity index (χ2v) is 7.76. The predicted octanol–water partition coefficient (Wildman–Crippen LogP) is -2.40. The number of aliphatic hydroxyl groups excluding tert-OH is 4. The Labute approximate surface area is 155 Å². The van der Waals surface area contributed by atoms with Crippen molar-refractivity contribution >= 4 is 5.97 Å². The number of rotatable bonds is 4. The smallest absolute Gasteiger partial charge is 0.314 e. The Morgan fingerprint density at radius 3 is 2.56 bits per heavy atom. The van der Waals surface area contributed by atoms with Crippen molar-refractivity contribution < 1.29 is 48.9 Å². The average molecular weight is 390 g/mol. The first-order chi connectivity index (χ1) is 12.9. The number of ether oxygens (including phenoxy) is 5. The largest absolute Gasteiger partial charge is 0.459 e. The topological polar surface area (TPSA) is 144 Å². The van der Waals surface area contributed by atoms with Crippen molar-refractivity contribution in [2.24, 2.45) is 23.7 Å². The maximum atomic E-state index is 12.5. The summed E-state index contributed by atoms with van der Waals surface area (Å²) in [5.41, 5.74) is 0. The number of carbonyl (C=O) groups is 1. The third-order valence-corrected chi connectivity index (χ3v) is 6.47. The molecule has 10 heteroatoms. The van der Waals surface area contributed by atoms with E-state index < -0.39 is 55.5 Å². The van der Waals surface area contributed by atoms with Crippen LogP contribution in [0.2, 0.25) is 0 Å². The van der Waals surface area contributed by atoms with Crippen molar-refractivity contribution in [3.8, 4) is 0 Å². The molecule has 3 heterocycles. The Hall–Kier alpha value is -0.850. The number of hydrogen-bond donors (Lipinski definition) is 4. The van der Waals surface area contributed by atoms with Gasteiger partial charge in [0.2, 0.25) is 0 Å². The van der Waals surface area contributed by atoms with Gasteiger partial charge in [0.15, 0.2) is 12.6 Å². The Kier molecular flexibility index (Phi) is 5.19. The molecular weight excluding hydrogens is 364 g/mol. The summed E-state index contributed by atoms with van der Waals surface area (Å²) >= 11 is 0. The number of aliphatic hydroxyl groups is 4. The van der Waals surface area contributed by atoms with E-state index in [2.05, 4.69) is 0 Å². The summed E-state index contributed by atoms with van der Waals surface area (Å²) in [7, 11) is 1.59. The van der Waals surface area contributed by atoms with Gasteiger partial charge in [-0.2, -0.15) is 0 Å². The lowest BCUT2D eigenvalue weighted by atomic mass is 9.80. The van der Waals surface area contributed by atoms with Crippen molar-refractivity contribution in [2.75, 3.05) is 20.3 Å². The molecule has 27 heavy (non-hydrogen) atoms. The van der Waals surface area contributed by atoms with Crippen LogP contribution >= 0.6 is 0 Å². The van der Waals surface area contributed by atoms with Crippen LogP contribution in [-0.4, -0.2) is 95.9 Å². The van der Waals surface area contributed by atoms with Crippen LogP contribution in [-0.2, 0) is 28.5 Å². The summed E-state index contributed by atoms with van der Waals surface area (Å²) in [6, 6.07) is 0. The molecule has 3 aliphatic heterocycles. The van der Waals surface area contributed by atoms with Gasteiger partial charge in [0.05, 0.1) is 19.3 Å². The first kappa shape index (κ1) is 19.5. The maximum Gasteiger partial charge on any atom is 0.314 e. The van der Waals surface area contributed by atoms with E-state index in [0.29, 0.717) is 6.61 Å². The standard InChI is InChI=1S/C17H26O10/c1-5-6-4-24-16(9-8(6)14(13(5)23-2)26-15(9)22)27-17-12(21)11(20)10(19)7(3-18)25-17/h5-14,16-21H,3-4H2,1-2H3. The average Bonchev–Trinajstić information content (AvgIpc) is 3.13. The van der Waals surface area contributed by atoms with Crippen LogP contribution in [0.5, 0.6) is 0 Å². The monoisotopic (exact) mass is 390 g/mol. The molecule has 0 spiro atoms. The second-order valence-electron chi connectivity index (χ2n) is 7.76. The highest BCUT2D eigenvalue weighted by Crippen LogP contribution is 2.53. The van der Waals surface area contributed by atoms with E-state index in [0.717, 1.165) is 0 Å². The lowest BCUT2D eigenvalue weighted by Crippen LogP contribution is -2.60. The summed E-state index contributed by atoms with van der Waals surface area (Å²) in [5.74, 6) is -1.08. The van der Waals surface area contributed by atoms with Crippen LogP contribution in [0.3, 0.4) is 0 Å². The van der Waals surface area contributed by atoms with Crippen LogP contribution < -0.4 is 0 Å². The predicted molar refractivity (Wildman–Crippen MR) is 84.9 cm³/mol. The van der Waals surface area contributed by atoms with Crippen molar-refractivity contribution in [3.63, 3.8) is 0 Å². The van der Waals surface area contributed by atoms with Crippen molar-refractivity contribution in [2.45, 2.75) is 56.1 Å². The summed E-state index contributed by atoms with van der Waals surface area (Å²) in [4.78, 5) is 12.5. The molecule has 154 valence electrons. The van der Waals surface area contributed by atoms with Gasteiger partial charge in [-0.1, -0.05) is 6.92 Å². The molecular formula is C17H26O10. The molecule has 4 aliphatic rings. The number of esters is 1. The molecule has 0 amide bonds. The van der Waals surface area contributed by atoms with Crippen LogP contribution in [0.4, 0.5) is 0 Å². The number of methoxy groups -OCH3 is 1. The summed E-state index contributed by atoms with van der Waals surface area (Å²) in [5, 5.41) is 39.2. The van der Waals surface area contributed by atoms with Gasteiger partial charge >= 0.3 is 5.97 Å². The first-order valence-corrected chi connectivity index (χ1v) is 9.20. The maximum absolute atomic E-state index is 12.5. The third kappa shape index (κ3) is 2.90. The minimum Gasteiger partial charge on any atom is -0.459 e. The zero-order valence-corrected chi connectivity index (χ0v) is 15.1. The van der Waals surface area contributed by atoms with Crippen LogP contribution in [0, 0.1) is 23.7 Å². The minimum atomic E-state index is -1.56. The molecule has 1 saturated carbocycles. The fraction of sp³-hybridized carbons (Fsp3) is 0.941. The third-order valence-electron chi connectivity index (χ3n) is 6.47. The Morgan fingerprint density at radius 2 is 1.89 bits per heavy atom. The van der Waals surface area contributed by atoms with E-state index in [1.165, 1.54) is 0 Å². The molecule has 0 radical (unpaired) electrons. The van der Waals surface area contributed by atoms with Gasteiger partial charge < -0.3 is 44.1 Å². The van der Waals surface area contributed by atoms with Crippen LogP contribution in [0.25, 0.3) is 0 Å². The Balaban J connectivity index is 1.52. The molecule has 0 aromatic carbocycles. The van der Waals surface area contributed by atoms with Gasteiger partial charge in [-0.3, -0.25) is 4.79 Å². The fourth-order valence-electron chi connectivity index (χ4n) is 4.99. The molecule has 3 saturated heterocycles. The summed E-state index contributed by atoms with van der Waals surface area (Å²) < 4.78 is 27.9. The normalized spacial score (nSPS) is 54.7. The van der Waals surface area contributed by atoms with Crippen LogP contribution in [0.1, 0.15) is 6.92 Å². The molecule has 4 fully saturated rings.